The third-order valence-electron chi connectivity index (χ3n) is 3.48. The van der Waals surface area contributed by atoms with Crippen LogP contribution in [0.5, 0.6) is 0 Å². The number of aromatic nitrogens is 1. The first-order valence-electron chi connectivity index (χ1n) is 6.40. The molecule has 2 aromatic rings. The first kappa shape index (κ1) is 12.8. The van der Waals surface area contributed by atoms with Gasteiger partial charge >= 0.3 is 0 Å². The molecular weight excluding hydrogens is 270 g/mol. The molecule has 0 aliphatic carbocycles. The van der Waals surface area contributed by atoms with E-state index in [1.165, 1.54) is 0 Å². The quantitative estimate of drug-likeness (QED) is 0.870. The number of thiazole rings is 1. The zero-order valence-electron chi connectivity index (χ0n) is 11.0. The van der Waals surface area contributed by atoms with Crippen LogP contribution in [0.2, 0.25) is 0 Å². The lowest BCUT2D eigenvalue weighted by Gasteiger charge is -2.19. The lowest BCUT2D eigenvalue weighted by molar-refractivity contribution is 0.0759. The van der Waals surface area contributed by atoms with E-state index in [1.807, 2.05) is 30.5 Å². The first-order chi connectivity index (χ1) is 9.70. The number of hydrogen-bond donors (Lipinski definition) is 0. The van der Waals surface area contributed by atoms with Crippen molar-refractivity contribution >= 4 is 17.2 Å². The molecule has 1 atom stereocenters. The number of fused-ring (bicyclic) bond motifs is 1. The van der Waals surface area contributed by atoms with Crippen LogP contribution in [0.15, 0.2) is 29.8 Å². The molecule has 2 heterocycles. The maximum Gasteiger partial charge on any atom is 0.255 e. The number of hydrogen-bond acceptors (Lipinski definition) is 4. The molecule has 100 valence electrons. The molecule has 0 radical (unpaired) electrons. The summed E-state index contributed by atoms with van der Waals surface area (Å²) >= 11 is 1.57. The topological polar surface area (TPSA) is 57.0 Å². The fourth-order valence-electron chi connectivity index (χ4n) is 2.51. The van der Waals surface area contributed by atoms with E-state index in [-0.39, 0.29) is 5.91 Å². The third kappa shape index (κ3) is 2.08. The molecule has 20 heavy (non-hydrogen) atoms. The van der Waals surface area contributed by atoms with E-state index < -0.39 is 6.04 Å². The monoisotopic (exact) mass is 283 g/mol. The van der Waals surface area contributed by atoms with Gasteiger partial charge in [-0.05, 0) is 13.0 Å². The van der Waals surface area contributed by atoms with Gasteiger partial charge in [-0.2, -0.15) is 5.26 Å². The van der Waals surface area contributed by atoms with Crippen molar-refractivity contribution in [3.05, 3.63) is 51.5 Å². The van der Waals surface area contributed by atoms with Crippen LogP contribution in [0.3, 0.4) is 0 Å². The normalized spacial score (nSPS) is 17.1. The van der Waals surface area contributed by atoms with Crippen LogP contribution in [0.25, 0.3) is 0 Å². The van der Waals surface area contributed by atoms with E-state index in [2.05, 4.69) is 11.1 Å². The van der Waals surface area contributed by atoms with Crippen molar-refractivity contribution in [1.82, 2.24) is 9.88 Å². The van der Waals surface area contributed by atoms with Crippen molar-refractivity contribution in [3.63, 3.8) is 0 Å². The van der Waals surface area contributed by atoms with Crippen LogP contribution < -0.4 is 0 Å². The molecule has 0 spiro atoms. The number of carbonyl (C=O) groups excluding carboxylic acids is 1. The molecular formula is C15H13N3OS. The molecule has 1 aromatic heterocycles. The van der Waals surface area contributed by atoms with E-state index in [1.54, 1.807) is 22.4 Å². The van der Waals surface area contributed by atoms with Crippen molar-refractivity contribution in [3.8, 4) is 6.07 Å². The van der Waals surface area contributed by atoms with E-state index in [4.69, 9.17) is 0 Å². The SMILES string of the molecule is Cc1ccc2c(c1)C(C#N)N(CCc1nccs1)C2=O. The maximum atomic E-state index is 12.4. The molecule has 5 heteroatoms. The van der Waals surface area contributed by atoms with Crippen LogP contribution in [0.1, 0.15) is 32.5 Å². The third-order valence-corrected chi connectivity index (χ3v) is 4.32. The van der Waals surface area contributed by atoms with E-state index in [0.29, 0.717) is 18.5 Å². The Hall–Kier alpha value is -2.19. The predicted molar refractivity (Wildman–Crippen MR) is 76.4 cm³/mol. The number of benzene rings is 1. The highest BCUT2D eigenvalue weighted by Crippen LogP contribution is 2.33. The van der Waals surface area contributed by atoms with Crippen molar-refractivity contribution in [2.45, 2.75) is 19.4 Å². The lowest BCUT2D eigenvalue weighted by Crippen LogP contribution is -2.29. The van der Waals surface area contributed by atoms with Gasteiger partial charge in [-0.25, -0.2) is 4.98 Å². The highest BCUT2D eigenvalue weighted by Gasteiger charge is 2.36. The number of nitrogens with zero attached hydrogens (tertiary/aromatic N) is 3. The number of nitriles is 1. The smallest absolute Gasteiger partial charge is 0.255 e. The van der Waals surface area contributed by atoms with Gasteiger partial charge in [0.25, 0.3) is 5.91 Å². The van der Waals surface area contributed by atoms with Gasteiger partial charge in [0.2, 0.25) is 0 Å². The standard InChI is InChI=1S/C15H13N3OS/c1-10-2-3-11-12(8-10)13(9-16)18(15(11)19)6-4-14-17-5-7-20-14/h2-3,5,7-8,13H,4,6H2,1H3. The first-order valence-corrected chi connectivity index (χ1v) is 7.28. The van der Waals surface area contributed by atoms with E-state index >= 15 is 0 Å². The van der Waals surface area contributed by atoms with Crippen molar-refractivity contribution < 1.29 is 4.79 Å². The van der Waals surface area contributed by atoms with Crippen LogP contribution in [-0.4, -0.2) is 22.3 Å². The van der Waals surface area contributed by atoms with Crippen LogP contribution in [0.4, 0.5) is 0 Å². The summed E-state index contributed by atoms with van der Waals surface area (Å²) in [5, 5.41) is 12.3. The molecule has 1 amide bonds. The zero-order valence-corrected chi connectivity index (χ0v) is 11.9. The van der Waals surface area contributed by atoms with Crippen LogP contribution in [-0.2, 0) is 6.42 Å². The summed E-state index contributed by atoms with van der Waals surface area (Å²) in [6.07, 6.45) is 2.44. The lowest BCUT2D eigenvalue weighted by atomic mass is 10.0. The summed E-state index contributed by atoms with van der Waals surface area (Å²) in [6, 6.07) is 7.44. The Morgan fingerprint density at radius 1 is 1.50 bits per heavy atom. The van der Waals surface area contributed by atoms with E-state index in [9.17, 15) is 10.1 Å². The summed E-state index contributed by atoms with van der Waals surface area (Å²) in [7, 11) is 0. The average molecular weight is 283 g/mol. The second kappa shape index (κ2) is 5.06. The molecule has 3 rings (SSSR count). The van der Waals surface area contributed by atoms with Gasteiger partial charge in [-0.15, -0.1) is 11.3 Å². The van der Waals surface area contributed by atoms with Gasteiger partial charge in [0, 0.05) is 35.7 Å². The van der Waals surface area contributed by atoms with Crippen LogP contribution >= 0.6 is 11.3 Å². The molecule has 4 nitrogen and oxygen atoms in total. The summed E-state index contributed by atoms with van der Waals surface area (Å²) in [5.74, 6) is -0.0527. The van der Waals surface area contributed by atoms with E-state index in [0.717, 1.165) is 16.1 Å². The number of amides is 1. The van der Waals surface area contributed by atoms with Gasteiger partial charge in [-0.3, -0.25) is 4.79 Å². The fraction of sp³-hybridized carbons (Fsp3) is 0.267. The summed E-state index contributed by atoms with van der Waals surface area (Å²) in [4.78, 5) is 18.3. The molecule has 1 aliphatic rings. The van der Waals surface area contributed by atoms with Crippen molar-refractivity contribution in [2.75, 3.05) is 6.54 Å². The molecule has 1 unspecified atom stereocenters. The number of rotatable bonds is 3. The number of carbonyl (C=O) groups is 1. The Morgan fingerprint density at radius 3 is 3.05 bits per heavy atom. The average Bonchev–Trinajstić information content (AvgIpc) is 3.03. The predicted octanol–water partition coefficient (Wildman–Crippen LogP) is 2.71. The Kier molecular flexibility index (Phi) is 3.25. The fourth-order valence-corrected chi connectivity index (χ4v) is 3.12. The minimum atomic E-state index is -0.475. The summed E-state index contributed by atoms with van der Waals surface area (Å²) in [5.41, 5.74) is 2.55. The molecule has 1 aromatic carbocycles. The van der Waals surface area contributed by atoms with Gasteiger partial charge in [0.1, 0.15) is 6.04 Å². The van der Waals surface area contributed by atoms with Gasteiger partial charge in [0.15, 0.2) is 0 Å². The Labute approximate surface area is 121 Å². The zero-order chi connectivity index (χ0) is 14.1. The molecule has 1 aliphatic heterocycles. The minimum absolute atomic E-state index is 0.0527. The Bertz CT molecular complexity index is 688. The highest BCUT2D eigenvalue weighted by molar-refractivity contribution is 7.09. The Balaban J connectivity index is 1.86. The van der Waals surface area contributed by atoms with Gasteiger partial charge in [-0.1, -0.05) is 17.7 Å². The summed E-state index contributed by atoms with van der Waals surface area (Å²) < 4.78 is 0. The highest BCUT2D eigenvalue weighted by atomic mass is 32.1. The van der Waals surface area contributed by atoms with Crippen molar-refractivity contribution in [2.24, 2.45) is 0 Å². The molecule has 0 bridgehead atoms. The van der Waals surface area contributed by atoms with Crippen molar-refractivity contribution in [1.29, 1.82) is 5.26 Å². The largest absolute Gasteiger partial charge is 0.318 e. The Morgan fingerprint density at radius 2 is 2.35 bits per heavy atom. The van der Waals surface area contributed by atoms with Gasteiger partial charge < -0.3 is 4.90 Å². The maximum absolute atomic E-state index is 12.4. The second-order valence-electron chi connectivity index (χ2n) is 4.80. The second-order valence-corrected chi connectivity index (χ2v) is 5.78. The molecule has 0 fully saturated rings. The minimum Gasteiger partial charge on any atom is -0.318 e. The van der Waals surface area contributed by atoms with Crippen LogP contribution in [0, 0.1) is 18.3 Å². The summed E-state index contributed by atoms with van der Waals surface area (Å²) in [6.45, 7) is 2.50. The number of aryl methyl sites for hydroxylation is 1. The molecule has 0 saturated heterocycles. The molecule has 0 N–H and O–H groups in total. The molecule has 0 saturated carbocycles. The van der Waals surface area contributed by atoms with Gasteiger partial charge in [0.05, 0.1) is 11.1 Å².